The van der Waals surface area contributed by atoms with E-state index < -0.39 is 26.9 Å². The molecule has 1 aromatic carbocycles. The van der Waals surface area contributed by atoms with Gasteiger partial charge in [-0.05, 0) is 48.2 Å². The third-order valence-corrected chi connectivity index (χ3v) is 5.02. The van der Waals surface area contributed by atoms with Crippen LogP contribution in [0.25, 0.3) is 5.57 Å². The summed E-state index contributed by atoms with van der Waals surface area (Å²) in [6.07, 6.45) is 1.63. The summed E-state index contributed by atoms with van der Waals surface area (Å²) in [7, 11) is 1.04. The first-order valence-corrected chi connectivity index (χ1v) is 12.1. The molecule has 1 rings (SSSR count). The molecule has 0 fully saturated rings. The van der Waals surface area contributed by atoms with Crippen LogP contribution in [0.15, 0.2) is 30.3 Å². The lowest BCUT2D eigenvalue weighted by molar-refractivity contribution is -0.158. The highest BCUT2D eigenvalue weighted by molar-refractivity contribution is 6.48. The van der Waals surface area contributed by atoms with Gasteiger partial charge in [0.15, 0.2) is 15.0 Å². The summed E-state index contributed by atoms with van der Waals surface area (Å²) in [5.41, 5.74) is 1.35. The number of carbonyl (C=O) groups excluding carboxylic acids is 2. The van der Waals surface area contributed by atoms with Gasteiger partial charge in [-0.15, -0.1) is 0 Å². The molecule has 0 heterocycles. The van der Waals surface area contributed by atoms with Gasteiger partial charge in [-0.1, -0.05) is 39.0 Å². The average molecular weight is 411 g/mol. The van der Waals surface area contributed by atoms with E-state index in [9.17, 15) is 14.0 Å². The van der Waals surface area contributed by atoms with Crippen LogP contribution < -0.4 is 0 Å². The highest BCUT2D eigenvalue weighted by Gasteiger charge is 2.32. The molecule has 0 radical (unpaired) electrons. The summed E-state index contributed by atoms with van der Waals surface area (Å²) in [6.45, 7) is 10.3. The van der Waals surface area contributed by atoms with E-state index in [4.69, 9.17) is 13.9 Å². The van der Waals surface area contributed by atoms with Crippen molar-refractivity contribution in [3.63, 3.8) is 0 Å². The maximum Gasteiger partial charge on any atom is 0.320 e. The van der Waals surface area contributed by atoms with Crippen LogP contribution in [0.2, 0.25) is 13.1 Å². The highest BCUT2D eigenvalue weighted by atomic mass is 28.3. The van der Waals surface area contributed by atoms with Crippen LogP contribution in [0.3, 0.4) is 0 Å². The SMILES string of the molecule is COC(=O)C(CC=C(c1ccc(F)cc1)C(O[SiH](C)C)C(C)(C)C)C(=O)OC. The minimum absolute atomic E-state index is 0.0989. The molecule has 0 spiro atoms. The number of benzene rings is 1. The Hall–Kier alpha value is -1.99. The van der Waals surface area contributed by atoms with E-state index in [0.29, 0.717) is 0 Å². The molecule has 1 aromatic rings. The molecule has 0 bridgehead atoms. The maximum atomic E-state index is 13.4. The van der Waals surface area contributed by atoms with Crippen LogP contribution in [-0.4, -0.2) is 41.3 Å². The fourth-order valence-corrected chi connectivity index (χ4v) is 3.95. The van der Waals surface area contributed by atoms with Crippen molar-refractivity contribution < 1.29 is 27.9 Å². The molecule has 7 heteroatoms. The van der Waals surface area contributed by atoms with Crippen molar-refractivity contribution in [3.05, 3.63) is 41.7 Å². The first kappa shape index (κ1) is 24.0. The Morgan fingerprint density at radius 2 is 1.57 bits per heavy atom. The van der Waals surface area contributed by atoms with E-state index in [2.05, 4.69) is 33.9 Å². The van der Waals surface area contributed by atoms with Crippen LogP contribution in [0.5, 0.6) is 0 Å². The van der Waals surface area contributed by atoms with Crippen molar-refractivity contribution in [2.45, 2.75) is 46.4 Å². The van der Waals surface area contributed by atoms with Crippen molar-refractivity contribution in [3.8, 4) is 0 Å². The quantitative estimate of drug-likeness (QED) is 0.369. The number of carbonyl (C=O) groups is 2. The van der Waals surface area contributed by atoms with E-state index >= 15 is 0 Å². The summed E-state index contributed by atoms with van der Waals surface area (Å²) in [5.74, 6) is -2.72. The number of rotatable bonds is 8. The molecule has 0 amide bonds. The molecule has 0 saturated carbocycles. The first-order valence-electron chi connectivity index (χ1n) is 9.28. The predicted molar refractivity (Wildman–Crippen MR) is 110 cm³/mol. The Balaban J connectivity index is 3.43. The van der Waals surface area contributed by atoms with Gasteiger partial charge in [-0.25, -0.2) is 4.39 Å². The predicted octanol–water partition coefficient (Wildman–Crippen LogP) is 3.98. The zero-order valence-electron chi connectivity index (χ0n) is 17.7. The number of ether oxygens (including phenoxy) is 2. The lowest BCUT2D eigenvalue weighted by atomic mass is 9.81. The molecule has 1 atom stereocenters. The van der Waals surface area contributed by atoms with Crippen LogP contribution in [0.4, 0.5) is 4.39 Å². The average Bonchev–Trinajstić information content (AvgIpc) is 2.62. The largest absolute Gasteiger partial charge is 0.468 e. The fraction of sp³-hybridized carbons (Fsp3) is 0.524. The van der Waals surface area contributed by atoms with Gasteiger partial charge in [-0.3, -0.25) is 9.59 Å². The van der Waals surface area contributed by atoms with Crippen molar-refractivity contribution in [2.75, 3.05) is 14.2 Å². The molecular formula is C21H31FO5Si. The molecule has 156 valence electrons. The molecule has 0 saturated heterocycles. The minimum Gasteiger partial charge on any atom is -0.468 e. The molecule has 0 aliphatic heterocycles. The van der Waals surface area contributed by atoms with E-state index in [1.807, 2.05) is 0 Å². The molecule has 5 nitrogen and oxygen atoms in total. The lowest BCUT2D eigenvalue weighted by Gasteiger charge is -2.35. The third kappa shape index (κ3) is 6.87. The first-order chi connectivity index (χ1) is 13.0. The summed E-state index contributed by atoms with van der Waals surface area (Å²) >= 11 is 0. The molecule has 0 N–H and O–H groups in total. The maximum absolute atomic E-state index is 13.4. The summed E-state index contributed by atoms with van der Waals surface area (Å²) in [5, 5.41) is 0. The van der Waals surface area contributed by atoms with Crippen molar-refractivity contribution in [1.82, 2.24) is 0 Å². The van der Waals surface area contributed by atoms with E-state index in [1.54, 1.807) is 18.2 Å². The number of hydrogen-bond acceptors (Lipinski definition) is 5. The van der Waals surface area contributed by atoms with Gasteiger partial charge in [0.1, 0.15) is 5.82 Å². The van der Waals surface area contributed by atoms with Crippen LogP contribution in [-0.2, 0) is 23.5 Å². The standard InChI is InChI=1S/C21H31FO5Si/c1-21(2,3)18(27-28(6)7)16(14-8-10-15(22)11-9-14)12-13-17(19(23)25-4)20(24)26-5/h8-12,17-18,28H,13H2,1-7H3. The highest BCUT2D eigenvalue weighted by Crippen LogP contribution is 2.35. The van der Waals surface area contributed by atoms with Crippen molar-refractivity contribution in [2.24, 2.45) is 11.3 Å². The molecule has 0 aliphatic rings. The van der Waals surface area contributed by atoms with Gasteiger partial charge in [0.05, 0.1) is 20.3 Å². The molecule has 0 aromatic heterocycles. The van der Waals surface area contributed by atoms with Crippen LogP contribution >= 0.6 is 0 Å². The van der Waals surface area contributed by atoms with Crippen molar-refractivity contribution >= 4 is 26.6 Å². The van der Waals surface area contributed by atoms with E-state index in [-0.39, 0.29) is 23.8 Å². The zero-order chi connectivity index (χ0) is 21.5. The second-order valence-corrected chi connectivity index (χ2v) is 10.3. The normalized spacial score (nSPS) is 13.6. The Kier molecular flexibility index (Phi) is 9.04. The van der Waals surface area contributed by atoms with Gasteiger partial charge in [0.2, 0.25) is 0 Å². The second-order valence-electron chi connectivity index (χ2n) is 7.93. The van der Waals surface area contributed by atoms with Crippen LogP contribution in [0.1, 0.15) is 32.8 Å². The number of hydrogen-bond donors (Lipinski definition) is 0. The Morgan fingerprint density at radius 3 is 1.96 bits per heavy atom. The lowest BCUT2D eigenvalue weighted by Crippen LogP contribution is -2.34. The fourth-order valence-electron chi connectivity index (χ4n) is 2.85. The van der Waals surface area contributed by atoms with Crippen LogP contribution in [0, 0.1) is 17.2 Å². The minimum atomic E-state index is -1.42. The van der Waals surface area contributed by atoms with Gasteiger partial charge in [-0.2, -0.15) is 0 Å². The second kappa shape index (κ2) is 10.5. The summed E-state index contributed by atoms with van der Waals surface area (Å²) in [6, 6.07) is 6.12. The van der Waals surface area contributed by atoms with Gasteiger partial charge >= 0.3 is 11.9 Å². The van der Waals surface area contributed by atoms with Gasteiger partial charge in [0.25, 0.3) is 0 Å². The molecule has 28 heavy (non-hydrogen) atoms. The summed E-state index contributed by atoms with van der Waals surface area (Å²) < 4.78 is 29.2. The Bertz CT molecular complexity index is 676. The number of esters is 2. The topological polar surface area (TPSA) is 61.8 Å². The van der Waals surface area contributed by atoms with E-state index in [1.165, 1.54) is 26.4 Å². The monoisotopic (exact) mass is 410 g/mol. The molecular weight excluding hydrogens is 379 g/mol. The third-order valence-electron chi connectivity index (χ3n) is 4.20. The van der Waals surface area contributed by atoms with Gasteiger partial charge < -0.3 is 13.9 Å². The summed E-state index contributed by atoms with van der Waals surface area (Å²) in [4.78, 5) is 24.0. The Labute approximate surface area is 168 Å². The van der Waals surface area contributed by atoms with E-state index in [0.717, 1.165) is 11.1 Å². The number of methoxy groups -OCH3 is 2. The molecule has 0 aliphatic carbocycles. The zero-order valence-corrected chi connectivity index (χ0v) is 18.9. The number of halogens is 1. The van der Waals surface area contributed by atoms with Gasteiger partial charge in [0, 0.05) is 0 Å². The Morgan fingerprint density at radius 1 is 1.07 bits per heavy atom. The number of allylic oxidation sites excluding steroid dienone is 1. The van der Waals surface area contributed by atoms with Crippen molar-refractivity contribution in [1.29, 1.82) is 0 Å². The molecule has 1 unspecified atom stereocenters. The smallest absolute Gasteiger partial charge is 0.320 e.